The molecule has 1 amide bonds. The summed E-state index contributed by atoms with van der Waals surface area (Å²) in [4.78, 5) is 17.1. The number of hydrogen-bond donors (Lipinski definition) is 0. The summed E-state index contributed by atoms with van der Waals surface area (Å²) in [5, 5.41) is -1.27. The molecule has 1 spiro atoms. The highest BCUT2D eigenvalue weighted by Gasteiger charge is 2.54. The first-order chi connectivity index (χ1) is 17.4. The molecule has 0 saturated carbocycles. The minimum atomic E-state index is -3.30. The average molecular weight is 534 g/mol. The van der Waals surface area contributed by atoms with E-state index in [0.717, 1.165) is 5.56 Å². The molecule has 3 aliphatic rings. The fourth-order valence-electron chi connectivity index (χ4n) is 5.58. The monoisotopic (exact) mass is 534 g/mol. The van der Waals surface area contributed by atoms with Crippen LogP contribution in [0.5, 0.6) is 5.75 Å². The number of rotatable bonds is 7. The van der Waals surface area contributed by atoms with Crippen molar-refractivity contribution in [1.82, 2.24) is 4.90 Å². The van der Waals surface area contributed by atoms with E-state index in [1.54, 1.807) is 36.4 Å². The molecule has 12 heteroatoms. The van der Waals surface area contributed by atoms with Crippen molar-refractivity contribution in [2.75, 3.05) is 50.6 Å². The number of carbonyl (C=O) groups is 1. The molecule has 0 atom stereocenters. The number of benzene rings is 2. The Morgan fingerprint density at radius 1 is 1.08 bits per heavy atom. The molecule has 0 aromatic heterocycles. The van der Waals surface area contributed by atoms with Gasteiger partial charge in [0.1, 0.15) is 17.1 Å². The summed E-state index contributed by atoms with van der Waals surface area (Å²) >= 11 is 6.27. The third kappa shape index (κ3) is 4.52. The number of fused-ring (bicyclic) bond motifs is 2. The van der Waals surface area contributed by atoms with Crippen LogP contribution in [-0.2, 0) is 29.5 Å². The third-order valence-electron chi connectivity index (χ3n) is 7.86. The zero-order valence-electron chi connectivity index (χ0n) is 20.7. The molecular weight excluding hydrogens is 508 g/mol. The Hall–Kier alpha value is -1.94. The van der Waals surface area contributed by atoms with Crippen LogP contribution < -0.4 is 9.64 Å². The predicted octanol–water partition coefficient (Wildman–Crippen LogP) is 1.49. The van der Waals surface area contributed by atoms with Gasteiger partial charge in [-0.3, -0.25) is 9.69 Å². The van der Waals surface area contributed by atoms with Crippen LogP contribution in [0, 0.1) is 0 Å². The number of ether oxygens (including phenoxy) is 2. The van der Waals surface area contributed by atoms with Gasteiger partial charge >= 0.3 is 0 Å². The maximum Gasteiger partial charge on any atom is 0.236 e. The molecule has 3 heterocycles. The van der Waals surface area contributed by atoms with E-state index in [2.05, 4.69) is 4.90 Å². The molecule has 2 aromatic carbocycles. The van der Waals surface area contributed by atoms with E-state index in [0.29, 0.717) is 61.1 Å². The van der Waals surface area contributed by atoms with Gasteiger partial charge < -0.3 is 14.4 Å². The lowest BCUT2D eigenvalue weighted by Gasteiger charge is -2.41. The normalized spacial score (nSPS) is 21.0. The number of carbonyl (C=O) groups excluding carboxylic acids is 1. The second-order valence-corrected chi connectivity index (χ2v) is 13.0. The number of halogens is 1. The fraction of sp³-hybridized carbons (Fsp3) is 0.480. The lowest BCUT2D eigenvalue weighted by atomic mass is 9.48. The van der Waals surface area contributed by atoms with Gasteiger partial charge in [0, 0.05) is 23.5 Å². The highest BCUT2D eigenvalue weighted by Crippen LogP contribution is 2.50. The predicted molar refractivity (Wildman–Crippen MR) is 146 cm³/mol. The Morgan fingerprint density at radius 3 is 2.27 bits per heavy atom. The van der Waals surface area contributed by atoms with Gasteiger partial charge in [-0.05, 0) is 67.4 Å². The Kier molecular flexibility index (Phi) is 6.75. The van der Waals surface area contributed by atoms with E-state index in [1.165, 1.54) is 11.2 Å². The van der Waals surface area contributed by atoms with Crippen LogP contribution >= 0.6 is 11.6 Å². The molecule has 5 rings (SSSR count). The van der Waals surface area contributed by atoms with Crippen LogP contribution in [0.4, 0.5) is 5.69 Å². The number of hydrogen-bond acceptors (Lipinski definition) is 6. The zero-order valence-corrected chi connectivity index (χ0v) is 22.2. The van der Waals surface area contributed by atoms with Crippen molar-refractivity contribution in [1.29, 1.82) is 0 Å². The van der Waals surface area contributed by atoms with Gasteiger partial charge in [0.05, 0.1) is 42.2 Å². The summed E-state index contributed by atoms with van der Waals surface area (Å²) in [5.41, 5.74) is 1.36. The quantitative estimate of drug-likeness (QED) is 0.502. The van der Waals surface area contributed by atoms with E-state index >= 15 is 0 Å². The maximum atomic E-state index is 13.5. The molecule has 0 unspecified atom stereocenters. The van der Waals surface area contributed by atoms with Crippen LogP contribution in [0.2, 0.25) is 5.02 Å². The van der Waals surface area contributed by atoms with E-state index in [1.807, 2.05) is 6.07 Å². The van der Waals surface area contributed by atoms with Gasteiger partial charge in [0.25, 0.3) is 0 Å². The summed E-state index contributed by atoms with van der Waals surface area (Å²) in [7, 11) is 14.6. The number of piperidine rings is 1. The zero-order chi connectivity index (χ0) is 26.6. The van der Waals surface area contributed by atoms with Crippen molar-refractivity contribution < 1.29 is 22.7 Å². The van der Waals surface area contributed by atoms with Crippen LogP contribution in [0.1, 0.15) is 24.0 Å². The Labute approximate surface area is 227 Å². The third-order valence-corrected chi connectivity index (χ3v) is 9.99. The van der Waals surface area contributed by atoms with Crippen LogP contribution in [0.15, 0.2) is 42.5 Å². The number of likely N-dealkylation sites (tertiary alicyclic amines) is 1. The topological polar surface area (TPSA) is 76.2 Å². The average Bonchev–Trinajstić information content (AvgIpc) is 3.02. The molecule has 188 valence electrons. The van der Waals surface area contributed by atoms with Crippen molar-refractivity contribution in [3.63, 3.8) is 0 Å². The highest BCUT2D eigenvalue weighted by atomic mass is 35.5. The lowest BCUT2D eigenvalue weighted by Crippen LogP contribution is -2.57. The second-order valence-electron chi connectivity index (χ2n) is 10.2. The number of anilines is 1. The largest absolute Gasteiger partial charge is 0.492 e. The van der Waals surface area contributed by atoms with Crippen LogP contribution in [0.3, 0.4) is 0 Å². The summed E-state index contributed by atoms with van der Waals surface area (Å²) in [6, 6.07) is 12.4. The van der Waals surface area contributed by atoms with Crippen molar-refractivity contribution in [3.8, 4) is 5.75 Å². The minimum absolute atomic E-state index is 0.169. The first-order valence-corrected chi connectivity index (χ1v) is 14.4. The number of sulfone groups is 1. The van der Waals surface area contributed by atoms with E-state index in [-0.39, 0.29) is 19.1 Å². The molecule has 7 nitrogen and oxygen atoms in total. The second kappa shape index (κ2) is 9.36. The molecule has 0 bridgehead atoms. The first kappa shape index (κ1) is 26.7. The van der Waals surface area contributed by atoms with Gasteiger partial charge in [-0.25, -0.2) is 8.42 Å². The Bertz CT molecular complexity index is 1300. The fourth-order valence-corrected chi connectivity index (χ4v) is 6.91. The summed E-state index contributed by atoms with van der Waals surface area (Å²) in [6.07, 6.45) is 2.40. The summed E-state index contributed by atoms with van der Waals surface area (Å²) in [5.74, 6) is 0.466. The highest BCUT2D eigenvalue weighted by molar-refractivity contribution is 7.91. The van der Waals surface area contributed by atoms with Crippen molar-refractivity contribution in [3.05, 3.63) is 58.6 Å². The summed E-state index contributed by atoms with van der Waals surface area (Å²) in [6.45, 7) is 2.82. The molecular formula is C25H26B3ClN2O5S. The van der Waals surface area contributed by atoms with E-state index in [4.69, 9.17) is 44.6 Å². The van der Waals surface area contributed by atoms with Gasteiger partial charge in [0.15, 0.2) is 9.84 Å². The molecule has 37 heavy (non-hydrogen) atoms. The molecule has 2 aromatic rings. The van der Waals surface area contributed by atoms with Gasteiger partial charge in [-0.2, -0.15) is 0 Å². The standard InChI is InChI=1S/C25H26B3ClN2O5S/c1-37(33,34)24(15-35-16-24)17-2-5-19(6-3-17)36-13-12-30-10-8-23(9-11-30)20-14-18(29)4-7-21(20)31(22(23)32)25(26,27)28/h2-7,14H,8-13,15-16H2,1H3. The Balaban J connectivity index is 1.20. The van der Waals surface area contributed by atoms with Crippen molar-refractivity contribution in [2.45, 2.75) is 28.2 Å². The van der Waals surface area contributed by atoms with E-state index < -0.39 is 25.2 Å². The minimum Gasteiger partial charge on any atom is -0.492 e. The SMILES string of the molecule is [B]C([B])([B])N1C(=O)C2(CCN(CCOc3ccc(C4(S(C)(=O)=O)COC4)cc3)CC2)c2cc(Cl)ccc21. The van der Waals surface area contributed by atoms with Gasteiger partial charge in [0.2, 0.25) is 5.91 Å². The molecule has 2 saturated heterocycles. The van der Waals surface area contributed by atoms with Crippen molar-refractivity contribution in [2.24, 2.45) is 0 Å². The smallest absolute Gasteiger partial charge is 0.236 e. The van der Waals surface area contributed by atoms with Crippen LogP contribution in [0.25, 0.3) is 0 Å². The van der Waals surface area contributed by atoms with Gasteiger partial charge in [-0.1, -0.05) is 29.0 Å². The summed E-state index contributed by atoms with van der Waals surface area (Å²) < 4.78 is 34.7. The molecule has 0 N–H and O–H groups in total. The molecule has 3 aliphatic heterocycles. The lowest BCUT2D eigenvalue weighted by molar-refractivity contribution is -0.125. The van der Waals surface area contributed by atoms with E-state index in [9.17, 15) is 13.2 Å². The molecule has 2 fully saturated rings. The molecule has 6 radical (unpaired) electrons. The molecule has 0 aliphatic carbocycles. The Morgan fingerprint density at radius 2 is 1.73 bits per heavy atom. The first-order valence-electron chi connectivity index (χ1n) is 12.1. The number of amides is 1. The van der Waals surface area contributed by atoms with Crippen LogP contribution in [-0.4, -0.2) is 93.7 Å². The van der Waals surface area contributed by atoms with Gasteiger partial charge in [-0.15, -0.1) is 0 Å². The number of nitrogens with zero attached hydrogens (tertiary/aromatic N) is 2. The maximum absolute atomic E-state index is 13.5. The van der Waals surface area contributed by atoms with Crippen molar-refractivity contribution >= 4 is 56.6 Å².